The van der Waals surface area contributed by atoms with Crippen molar-refractivity contribution in [3.63, 3.8) is 0 Å². The molecule has 112 valence electrons. The number of benzene rings is 1. The number of hydrogen-bond acceptors (Lipinski definition) is 4. The van der Waals surface area contributed by atoms with Crippen molar-refractivity contribution in [1.29, 1.82) is 0 Å². The lowest BCUT2D eigenvalue weighted by Gasteiger charge is -2.27. The fourth-order valence-corrected chi connectivity index (χ4v) is 3.12. The van der Waals surface area contributed by atoms with E-state index in [9.17, 15) is 5.11 Å². The summed E-state index contributed by atoms with van der Waals surface area (Å²) < 4.78 is 1.70. The SMILES string of the molecule is Nc1cnn(CC(O)CN2CCCC2c2ccccc2)c1. The first-order chi connectivity index (χ1) is 10.2. The minimum absolute atomic E-state index is 0.420. The van der Waals surface area contributed by atoms with Crippen LogP contribution in [0.15, 0.2) is 42.7 Å². The van der Waals surface area contributed by atoms with Crippen LogP contribution >= 0.6 is 0 Å². The highest BCUT2D eigenvalue weighted by Gasteiger charge is 2.27. The predicted octanol–water partition coefficient (Wildman–Crippen LogP) is 1.66. The summed E-state index contributed by atoms with van der Waals surface area (Å²) in [5, 5.41) is 14.4. The molecule has 3 rings (SSSR count). The molecule has 0 radical (unpaired) electrons. The Balaban J connectivity index is 1.61. The summed E-state index contributed by atoms with van der Waals surface area (Å²) in [7, 11) is 0. The molecule has 1 fully saturated rings. The molecule has 5 heteroatoms. The number of nitrogen functional groups attached to an aromatic ring is 1. The summed E-state index contributed by atoms with van der Waals surface area (Å²) in [5.41, 5.74) is 7.61. The molecule has 0 saturated carbocycles. The van der Waals surface area contributed by atoms with Gasteiger partial charge in [-0.1, -0.05) is 30.3 Å². The number of nitrogens with zero attached hydrogens (tertiary/aromatic N) is 3. The molecule has 21 heavy (non-hydrogen) atoms. The van der Waals surface area contributed by atoms with Crippen molar-refractivity contribution in [3.05, 3.63) is 48.3 Å². The van der Waals surface area contributed by atoms with Gasteiger partial charge in [0.25, 0.3) is 0 Å². The van der Waals surface area contributed by atoms with Crippen molar-refractivity contribution in [2.75, 3.05) is 18.8 Å². The molecule has 1 aromatic heterocycles. The third-order valence-electron chi connectivity index (χ3n) is 4.04. The topological polar surface area (TPSA) is 67.3 Å². The monoisotopic (exact) mass is 286 g/mol. The molecule has 2 heterocycles. The van der Waals surface area contributed by atoms with E-state index in [-0.39, 0.29) is 0 Å². The van der Waals surface area contributed by atoms with Crippen LogP contribution in [0.2, 0.25) is 0 Å². The van der Waals surface area contributed by atoms with Gasteiger partial charge in [0.05, 0.1) is 24.5 Å². The van der Waals surface area contributed by atoms with Crippen molar-refractivity contribution < 1.29 is 5.11 Å². The van der Waals surface area contributed by atoms with Gasteiger partial charge in [-0.15, -0.1) is 0 Å². The number of anilines is 1. The molecule has 1 aliphatic rings. The van der Waals surface area contributed by atoms with Gasteiger partial charge in [-0.05, 0) is 24.9 Å². The van der Waals surface area contributed by atoms with Crippen LogP contribution in [0.25, 0.3) is 0 Å². The first kappa shape index (κ1) is 14.1. The molecule has 0 aliphatic carbocycles. The Morgan fingerprint density at radius 1 is 1.29 bits per heavy atom. The molecule has 1 saturated heterocycles. The summed E-state index contributed by atoms with van der Waals surface area (Å²) in [6.45, 7) is 2.19. The second-order valence-electron chi connectivity index (χ2n) is 5.71. The number of hydrogen-bond donors (Lipinski definition) is 2. The van der Waals surface area contributed by atoms with Gasteiger partial charge < -0.3 is 10.8 Å². The number of β-amino-alcohol motifs (C(OH)–C–C–N with tert-alkyl or cyclic N) is 1. The average molecular weight is 286 g/mol. The van der Waals surface area contributed by atoms with Crippen LogP contribution in [0.4, 0.5) is 5.69 Å². The van der Waals surface area contributed by atoms with Gasteiger partial charge in [0.2, 0.25) is 0 Å². The lowest BCUT2D eigenvalue weighted by molar-refractivity contribution is 0.0891. The van der Waals surface area contributed by atoms with Crippen LogP contribution in [0.1, 0.15) is 24.4 Å². The predicted molar refractivity (Wildman–Crippen MR) is 82.6 cm³/mol. The Bertz CT molecular complexity index is 569. The standard InChI is InChI=1S/C16H22N4O/c17-14-9-18-20(10-14)12-15(21)11-19-8-4-7-16(19)13-5-2-1-3-6-13/h1-3,5-6,9-10,15-16,21H,4,7-8,11-12,17H2. The third-order valence-corrected chi connectivity index (χ3v) is 4.04. The van der Waals surface area contributed by atoms with Crippen LogP contribution in [-0.4, -0.2) is 39.0 Å². The van der Waals surface area contributed by atoms with Crippen LogP contribution in [0, 0.1) is 0 Å². The summed E-state index contributed by atoms with van der Waals surface area (Å²) in [4.78, 5) is 2.37. The molecular weight excluding hydrogens is 264 g/mol. The number of aliphatic hydroxyl groups excluding tert-OH is 1. The quantitative estimate of drug-likeness (QED) is 0.877. The fourth-order valence-electron chi connectivity index (χ4n) is 3.12. The minimum Gasteiger partial charge on any atom is -0.396 e. The number of nitrogens with two attached hydrogens (primary N) is 1. The van der Waals surface area contributed by atoms with Crippen molar-refractivity contribution in [3.8, 4) is 0 Å². The molecule has 1 aromatic carbocycles. The normalized spacial score (nSPS) is 20.7. The Kier molecular flexibility index (Phi) is 4.22. The van der Waals surface area contributed by atoms with Crippen molar-refractivity contribution in [1.82, 2.24) is 14.7 Å². The Labute approximate surface area is 125 Å². The molecule has 0 amide bonds. The number of rotatable bonds is 5. The maximum Gasteiger partial charge on any atom is 0.0862 e. The molecule has 1 aliphatic heterocycles. The van der Waals surface area contributed by atoms with Gasteiger partial charge in [-0.3, -0.25) is 9.58 Å². The Morgan fingerprint density at radius 2 is 2.10 bits per heavy atom. The summed E-state index contributed by atoms with van der Waals surface area (Å²) in [5.74, 6) is 0. The van der Waals surface area contributed by atoms with Gasteiger partial charge in [0.15, 0.2) is 0 Å². The summed E-state index contributed by atoms with van der Waals surface area (Å²) in [6, 6.07) is 11.0. The highest BCUT2D eigenvalue weighted by atomic mass is 16.3. The first-order valence-corrected chi connectivity index (χ1v) is 7.47. The third kappa shape index (κ3) is 3.43. The molecule has 2 aromatic rings. The lowest BCUT2D eigenvalue weighted by atomic mass is 10.0. The van der Waals surface area contributed by atoms with Crippen molar-refractivity contribution in [2.24, 2.45) is 0 Å². The summed E-state index contributed by atoms with van der Waals surface area (Å²) >= 11 is 0. The lowest BCUT2D eigenvalue weighted by Crippen LogP contribution is -2.34. The van der Waals surface area contributed by atoms with E-state index in [2.05, 4.69) is 34.3 Å². The first-order valence-electron chi connectivity index (χ1n) is 7.47. The van der Waals surface area contributed by atoms with Crippen LogP contribution in [-0.2, 0) is 6.54 Å². The summed E-state index contributed by atoms with van der Waals surface area (Å²) in [6.07, 6.45) is 5.26. The van der Waals surface area contributed by atoms with Crippen LogP contribution in [0.5, 0.6) is 0 Å². The van der Waals surface area contributed by atoms with E-state index in [0.717, 1.165) is 13.0 Å². The Morgan fingerprint density at radius 3 is 2.81 bits per heavy atom. The van der Waals surface area contributed by atoms with Crippen LogP contribution < -0.4 is 5.73 Å². The van der Waals surface area contributed by atoms with Gasteiger partial charge >= 0.3 is 0 Å². The largest absolute Gasteiger partial charge is 0.396 e. The molecule has 2 atom stereocenters. The van der Waals surface area contributed by atoms with Crippen LogP contribution in [0.3, 0.4) is 0 Å². The molecular formula is C16H22N4O. The van der Waals surface area contributed by atoms with Crippen molar-refractivity contribution >= 4 is 5.69 Å². The highest BCUT2D eigenvalue weighted by Crippen LogP contribution is 2.31. The molecule has 0 bridgehead atoms. The highest BCUT2D eigenvalue weighted by molar-refractivity contribution is 5.30. The maximum absolute atomic E-state index is 10.3. The zero-order valence-corrected chi connectivity index (χ0v) is 12.1. The van der Waals surface area contributed by atoms with E-state index in [1.165, 1.54) is 12.0 Å². The molecule has 5 nitrogen and oxygen atoms in total. The second kappa shape index (κ2) is 6.28. The van der Waals surface area contributed by atoms with E-state index in [1.807, 2.05) is 6.07 Å². The van der Waals surface area contributed by atoms with E-state index in [1.54, 1.807) is 17.1 Å². The van der Waals surface area contributed by atoms with Crippen molar-refractivity contribution in [2.45, 2.75) is 31.5 Å². The average Bonchev–Trinajstić information content (AvgIpc) is 3.09. The van der Waals surface area contributed by atoms with Gasteiger partial charge in [0.1, 0.15) is 0 Å². The number of likely N-dealkylation sites (tertiary alicyclic amines) is 1. The zero-order valence-electron chi connectivity index (χ0n) is 12.1. The maximum atomic E-state index is 10.3. The fraction of sp³-hybridized carbons (Fsp3) is 0.438. The molecule has 2 unspecified atom stereocenters. The van der Waals surface area contributed by atoms with Gasteiger partial charge in [0, 0.05) is 18.8 Å². The van der Waals surface area contributed by atoms with Gasteiger partial charge in [-0.25, -0.2) is 0 Å². The minimum atomic E-state index is -0.436. The second-order valence-corrected chi connectivity index (χ2v) is 5.71. The molecule has 0 spiro atoms. The zero-order chi connectivity index (χ0) is 14.7. The van der Waals surface area contributed by atoms with E-state index in [4.69, 9.17) is 5.73 Å². The smallest absolute Gasteiger partial charge is 0.0862 e. The van der Waals surface area contributed by atoms with E-state index < -0.39 is 6.10 Å². The molecule has 3 N–H and O–H groups in total. The number of aliphatic hydroxyl groups is 1. The van der Waals surface area contributed by atoms with Gasteiger partial charge in [-0.2, -0.15) is 5.10 Å². The Hall–Kier alpha value is -1.85. The van der Waals surface area contributed by atoms with E-state index >= 15 is 0 Å². The number of aromatic nitrogens is 2. The van der Waals surface area contributed by atoms with E-state index in [0.29, 0.717) is 24.8 Å².